The lowest BCUT2D eigenvalue weighted by molar-refractivity contribution is -0.130. The zero-order valence-corrected chi connectivity index (χ0v) is 17.9. The first kappa shape index (κ1) is 19.8. The SMILES string of the molecule is COc1ccc(C)c([C@@]2(C)CC3CN(C)C3[C@@H]2N(C)C(=O)/C=C/c2ccoc2)c1. The fourth-order valence-corrected chi connectivity index (χ4v) is 5.61. The maximum Gasteiger partial charge on any atom is 0.246 e. The summed E-state index contributed by atoms with van der Waals surface area (Å²) in [4.78, 5) is 17.4. The highest BCUT2D eigenvalue weighted by Gasteiger charge is 2.60. The number of furan rings is 1. The Morgan fingerprint density at radius 1 is 1.38 bits per heavy atom. The number of likely N-dealkylation sites (tertiary alicyclic amines) is 1. The minimum Gasteiger partial charge on any atom is -0.497 e. The second kappa shape index (κ2) is 7.38. The van der Waals surface area contributed by atoms with E-state index in [1.165, 1.54) is 11.1 Å². The highest BCUT2D eigenvalue weighted by molar-refractivity contribution is 5.92. The molecule has 0 N–H and O–H groups in total. The summed E-state index contributed by atoms with van der Waals surface area (Å²) in [6, 6.07) is 8.61. The molecule has 1 amide bonds. The van der Waals surface area contributed by atoms with Gasteiger partial charge in [0.25, 0.3) is 0 Å². The molecule has 1 aromatic heterocycles. The molecule has 0 bridgehead atoms. The monoisotopic (exact) mass is 394 g/mol. The summed E-state index contributed by atoms with van der Waals surface area (Å²) in [5.41, 5.74) is 3.29. The molecular formula is C24H30N2O3. The molecule has 2 fully saturated rings. The molecule has 4 rings (SSSR count). The van der Waals surface area contributed by atoms with Gasteiger partial charge in [-0.2, -0.15) is 0 Å². The second-order valence-corrected chi connectivity index (χ2v) is 8.78. The molecule has 4 atom stereocenters. The maximum atomic E-state index is 13.1. The summed E-state index contributed by atoms with van der Waals surface area (Å²) in [5.74, 6) is 1.49. The summed E-state index contributed by atoms with van der Waals surface area (Å²) in [6.07, 6.45) is 7.78. The Balaban J connectivity index is 1.69. The molecule has 154 valence electrons. The van der Waals surface area contributed by atoms with E-state index in [-0.39, 0.29) is 17.4 Å². The number of nitrogens with zero attached hydrogens (tertiary/aromatic N) is 2. The van der Waals surface area contributed by atoms with E-state index in [1.807, 2.05) is 30.2 Å². The van der Waals surface area contributed by atoms with Crippen molar-refractivity contribution in [2.24, 2.45) is 5.92 Å². The van der Waals surface area contributed by atoms with Gasteiger partial charge in [-0.15, -0.1) is 0 Å². The number of ether oxygens (including phenoxy) is 1. The van der Waals surface area contributed by atoms with Gasteiger partial charge in [-0.1, -0.05) is 13.0 Å². The van der Waals surface area contributed by atoms with Crippen LogP contribution in [-0.4, -0.2) is 55.5 Å². The molecule has 2 aliphatic rings. The highest BCUT2D eigenvalue weighted by Crippen LogP contribution is 2.53. The van der Waals surface area contributed by atoms with Gasteiger partial charge in [-0.25, -0.2) is 0 Å². The van der Waals surface area contributed by atoms with E-state index >= 15 is 0 Å². The summed E-state index contributed by atoms with van der Waals surface area (Å²) in [6.45, 7) is 5.56. The molecule has 5 heteroatoms. The maximum absolute atomic E-state index is 13.1. The van der Waals surface area contributed by atoms with E-state index < -0.39 is 0 Å². The molecule has 1 aliphatic carbocycles. The van der Waals surface area contributed by atoms with Gasteiger partial charge in [0.15, 0.2) is 0 Å². The van der Waals surface area contributed by atoms with Crippen LogP contribution in [-0.2, 0) is 10.2 Å². The fraction of sp³-hybridized carbons (Fsp3) is 0.458. The lowest BCUT2D eigenvalue weighted by Crippen LogP contribution is -2.62. The first-order valence-corrected chi connectivity index (χ1v) is 10.2. The summed E-state index contributed by atoms with van der Waals surface area (Å²) >= 11 is 0. The van der Waals surface area contributed by atoms with Gasteiger partial charge in [0.1, 0.15) is 5.75 Å². The number of rotatable bonds is 5. The van der Waals surface area contributed by atoms with Gasteiger partial charge in [0.05, 0.1) is 25.7 Å². The molecule has 2 heterocycles. The zero-order valence-electron chi connectivity index (χ0n) is 17.9. The quantitative estimate of drug-likeness (QED) is 0.725. The number of amides is 1. The summed E-state index contributed by atoms with van der Waals surface area (Å²) < 4.78 is 10.6. The molecule has 0 spiro atoms. The van der Waals surface area contributed by atoms with Crippen LogP contribution in [0.5, 0.6) is 5.75 Å². The van der Waals surface area contributed by atoms with Gasteiger partial charge < -0.3 is 19.0 Å². The number of hydrogen-bond donors (Lipinski definition) is 0. The first-order chi connectivity index (χ1) is 13.8. The van der Waals surface area contributed by atoms with E-state index in [1.54, 1.807) is 25.7 Å². The largest absolute Gasteiger partial charge is 0.497 e. The van der Waals surface area contributed by atoms with Gasteiger partial charge in [-0.3, -0.25) is 4.79 Å². The number of carbonyl (C=O) groups is 1. The topological polar surface area (TPSA) is 45.9 Å². The third-order valence-electron chi connectivity index (χ3n) is 6.96. The molecule has 1 saturated heterocycles. The summed E-state index contributed by atoms with van der Waals surface area (Å²) in [5, 5.41) is 0. The average molecular weight is 395 g/mol. The Kier molecular flexibility index (Phi) is 5.03. The standard InChI is InChI=1S/C24H30N2O3/c1-16-6-8-19(28-5)12-20(16)24(2)13-18-14-25(3)22(18)23(24)26(4)21(27)9-7-17-10-11-29-15-17/h6-12,15,18,22-23H,13-14H2,1-5H3/b9-7+/t18?,22?,23-,24+/m0/s1. The molecule has 0 radical (unpaired) electrons. The van der Waals surface area contributed by atoms with Crippen molar-refractivity contribution in [3.05, 3.63) is 59.6 Å². The van der Waals surface area contributed by atoms with Crippen LogP contribution >= 0.6 is 0 Å². The van der Waals surface area contributed by atoms with Gasteiger partial charge >= 0.3 is 0 Å². The molecule has 1 aliphatic heterocycles. The van der Waals surface area contributed by atoms with Crippen molar-refractivity contribution in [3.8, 4) is 5.75 Å². The van der Waals surface area contributed by atoms with Crippen LogP contribution < -0.4 is 4.74 Å². The van der Waals surface area contributed by atoms with Crippen molar-refractivity contribution in [2.75, 3.05) is 27.7 Å². The number of methoxy groups -OCH3 is 1. The van der Waals surface area contributed by atoms with Crippen LogP contribution in [0.1, 0.15) is 30.0 Å². The second-order valence-electron chi connectivity index (χ2n) is 8.78. The number of benzene rings is 1. The average Bonchev–Trinajstić information content (AvgIpc) is 3.30. The van der Waals surface area contributed by atoms with Crippen LogP contribution in [0.4, 0.5) is 0 Å². The summed E-state index contributed by atoms with van der Waals surface area (Å²) in [7, 11) is 5.81. The Labute approximate surface area is 172 Å². The number of likely N-dealkylation sites (N-methyl/N-ethyl adjacent to an activating group) is 2. The van der Waals surface area contributed by atoms with Crippen LogP contribution in [0, 0.1) is 12.8 Å². The Bertz CT molecular complexity index is 920. The molecule has 1 aromatic carbocycles. The van der Waals surface area contributed by atoms with Crippen LogP contribution in [0.15, 0.2) is 47.3 Å². The van der Waals surface area contributed by atoms with Crippen molar-refractivity contribution < 1.29 is 13.9 Å². The van der Waals surface area contributed by atoms with E-state index in [0.29, 0.717) is 12.0 Å². The van der Waals surface area contributed by atoms with Crippen LogP contribution in [0.2, 0.25) is 0 Å². The third-order valence-corrected chi connectivity index (χ3v) is 6.96. The molecule has 2 aromatic rings. The van der Waals surface area contributed by atoms with E-state index in [2.05, 4.69) is 37.9 Å². The molecule has 5 nitrogen and oxygen atoms in total. The van der Waals surface area contributed by atoms with Crippen molar-refractivity contribution >= 4 is 12.0 Å². The Hall–Kier alpha value is -2.53. The van der Waals surface area contributed by atoms with Crippen molar-refractivity contribution in [2.45, 2.75) is 37.8 Å². The lowest BCUT2D eigenvalue weighted by Gasteiger charge is -2.48. The fourth-order valence-electron chi connectivity index (χ4n) is 5.61. The predicted octanol–water partition coefficient (Wildman–Crippen LogP) is 3.73. The first-order valence-electron chi connectivity index (χ1n) is 10.2. The van der Waals surface area contributed by atoms with E-state index in [4.69, 9.17) is 9.15 Å². The normalized spacial score (nSPS) is 28.9. The van der Waals surface area contributed by atoms with Crippen molar-refractivity contribution in [3.63, 3.8) is 0 Å². The molecule has 29 heavy (non-hydrogen) atoms. The number of aryl methyl sites for hydroxylation is 1. The highest BCUT2D eigenvalue weighted by atomic mass is 16.5. The van der Waals surface area contributed by atoms with Crippen LogP contribution in [0.3, 0.4) is 0 Å². The smallest absolute Gasteiger partial charge is 0.246 e. The third kappa shape index (κ3) is 3.27. The molecular weight excluding hydrogens is 364 g/mol. The molecule has 1 saturated carbocycles. The number of hydrogen-bond acceptors (Lipinski definition) is 4. The zero-order chi connectivity index (χ0) is 20.8. The minimum atomic E-state index is -0.132. The number of fused-ring (bicyclic) bond motifs is 1. The number of carbonyl (C=O) groups excluding carboxylic acids is 1. The lowest BCUT2D eigenvalue weighted by atomic mass is 9.74. The minimum absolute atomic E-state index is 0.0175. The van der Waals surface area contributed by atoms with Gasteiger partial charge in [-0.05, 0) is 61.7 Å². The van der Waals surface area contributed by atoms with Crippen molar-refractivity contribution in [1.82, 2.24) is 9.80 Å². The van der Waals surface area contributed by atoms with Gasteiger partial charge in [0.2, 0.25) is 5.91 Å². The Morgan fingerprint density at radius 2 is 2.17 bits per heavy atom. The predicted molar refractivity (Wildman–Crippen MR) is 114 cm³/mol. The van der Waals surface area contributed by atoms with Gasteiger partial charge in [0, 0.05) is 36.7 Å². The van der Waals surface area contributed by atoms with Crippen molar-refractivity contribution in [1.29, 1.82) is 0 Å². The molecule has 2 unspecified atom stereocenters. The van der Waals surface area contributed by atoms with E-state index in [9.17, 15) is 4.79 Å². The Morgan fingerprint density at radius 3 is 2.83 bits per heavy atom. The van der Waals surface area contributed by atoms with Crippen LogP contribution in [0.25, 0.3) is 6.08 Å². The van der Waals surface area contributed by atoms with E-state index in [0.717, 1.165) is 24.3 Å².